The Hall–Kier alpha value is -6.96. The van der Waals surface area contributed by atoms with Gasteiger partial charge in [0, 0.05) is 16.8 Å². The zero-order valence-corrected chi connectivity index (χ0v) is 29.8. The normalized spacial score (nSPS) is 12.6. The molecule has 0 N–H and O–H groups in total. The van der Waals surface area contributed by atoms with Crippen LogP contribution in [0.4, 0.5) is 17.1 Å². The Balaban J connectivity index is 1.33. The molecule has 0 aromatic heterocycles. The molecule has 1 nitrogen and oxygen atoms in total. The van der Waals surface area contributed by atoms with Crippen LogP contribution in [-0.4, -0.2) is 0 Å². The Morgan fingerprint density at radius 2 is 0.796 bits per heavy atom. The predicted molar refractivity (Wildman–Crippen MR) is 227 cm³/mol. The summed E-state index contributed by atoms with van der Waals surface area (Å²) in [6, 6.07) is 82.1. The van der Waals surface area contributed by atoms with Crippen molar-refractivity contribution in [3.8, 4) is 33.4 Å². The second-order valence-electron chi connectivity index (χ2n) is 14.1. The van der Waals surface area contributed by atoms with Crippen molar-refractivity contribution in [1.29, 1.82) is 0 Å². The molecule has 0 unspecified atom stereocenters. The average Bonchev–Trinajstić information content (AvgIpc) is 3.56. The van der Waals surface area contributed by atoms with Crippen LogP contribution in [0.2, 0.25) is 0 Å². The predicted octanol–water partition coefficient (Wildman–Crippen LogP) is 14.0. The van der Waals surface area contributed by atoms with Gasteiger partial charge in [-0.15, -0.1) is 0 Å². The van der Waals surface area contributed by atoms with Crippen molar-refractivity contribution in [3.63, 3.8) is 0 Å². The second-order valence-corrected chi connectivity index (χ2v) is 14.1. The summed E-state index contributed by atoms with van der Waals surface area (Å²) in [7, 11) is 0. The fraction of sp³-hybridized carbons (Fsp3) is 0.0189. The Morgan fingerprint density at radius 3 is 1.41 bits per heavy atom. The Kier molecular flexibility index (Phi) is 7.78. The zero-order valence-electron chi connectivity index (χ0n) is 29.8. The molecule has 0 heterocycles. The van der Waals surface area contributed by atoms with E-state index in [2.05, 4.69) is 229 Å². The molecule has 54 heavy (non-hydrogen) atoms. The standard InChI is InChI=1S/C53H37N/c1-6-19-38(20-7-1)40-23-18-30-45(35-40)54(44-28-14-5-15-29-44)51-37-49-48-36-41(39-21-8-2-9-22-39)33-34-50(48)53(42-24-10-3-11-25-42,43-26-12-4-13-27-43)52(49)47-32-17-16-31-46(47)51/h1-37H. The Morgan fingerprint density at radius 1 is 0.315 bits per heavy atom. The molecule has 0 amide bonds. The van der Waals surface area contributed by atoms with E-state index in [1.54, 1.807) is 0 Å². The van der Waals surface area contributed by atoms with E-state index in [9.17, 15) is 0 Å². The van der Waals surface area contributed by atoms with E-state index in [0.29, 0.717) is 0 Å². The summed E-state index contributed by atoms with van der Waals surface area (Å²) in [5.41, 5.74) is 15.3. The lowest BCUT2D eigenvalue weighted by molar-refractivity contribution is 0.775. The summed E-state index contributed by atoms with van der Waals surface area (Å²) < 4.78 is 0. The molecule has 0 saturated carbocycles. The molecule has 0 atom stereocenters. The minimum Gasteiger partial charge on any atom is -0.310 e. The van der Waals surface area contributed by atoms with Gasteiger partial charge in [0.05, 0.1) is 11.1 Å². The third-order valence-electron chi connectivity index (χ3n) is 11.1. The van der Waals surface area contributed by atoms with Crippen LogP contribution >= 0.6 is 0 Å². The SMILES string of the molecule is c1ccc(-c2cccc(N(c3ccccc3)c3cc4c(c5ccccc35)C(c3ccccc3)(c3ccccc3)c3ccc(-c5ccccc5)cc3-4)c2)cc1. The summed E-state index contributed by atoms with van der Waals surface area (Å²) in [5.74, 6) is 0. The van der Waals surface area contributed by atoms with Crippen LogP contribution in [0, 0.1) is 0 Å². The van der Waals surface area contributed by atoms with Gasteiger partial charge in [-0.25, -0.2) is 0 Å². The van der Waals surface area contributed by atoms with Gasteiger partial charge < -0.3 is 4.90 Å². The minimum absolute atomic E-state index is 0.536. The van der Waals surface area contributed by atoms with E-state index < -0.39 is 5.41 Å². The van der Waals surface area contributed by atoms with E-state index in [1.165, 1.54) is 66.4 Å². The largest absolute Gasteiger partial charge is 0.310 e. The van der Waals surface area contributed by atoms with Crippen LogP contribution in [0.5, 0.6) is 0 Å². The van der Waals surface area contributed by atoms with Crippen molar-refractivity contribution in [2.75, 3.05) is 4.90 Å². The minimum atomic E-state index is -0.536. The maximum Gasteiger partial charge on any atom is 0.0719 e. The molecule has 1 heteroatoms. The molecule has 0 aliphatic heterocycles. The van der Waals surface area contributed by atoms with Gasteiger partial charge in [0.2, 0.25) is 0 Å². The molecule has 10 rings (SSSR count). The lowest BCUT2D eigenvalue weighted by atomic mass is 9.66. The van der Waals surface area contributed by atoms with Crippen molar-refractivity contribution in [1.82, 2.24) is 0 Å². The van der Waals surface area contributed by atoms with Gasteiger partial charge in [0.25, 0.3) is 0 Å². The highest BCUT2D eigenvalue weighted by atomic mass is 15.1. The fourth-order valence-corrected chi connectivity index (χ4v) is 8.80. The van der Waals surface area contributed by atoms with Crippen molar-refractivity contribution in [2.45, 2.75) is 5.41 Å². The molecular formula is C53H37N. The average molecular weight is 688 g/mol. The molecular weight excluding hydrogens is 651 g/mol. The van der Waals surface area contributed by atoms with E-state index in [0.717, 1.165) is 17.1 Å². The highest BCUT2D eigenvalue weighted by molar-refractivity contribution is 6.09. The van der Waals surface area contributed by atoms with E-state index >= 15 is 0 Å². The van der Waals surface area contributed by atoms with Gasteiger partial charge in [-0.2, -0.15) is 0 Å². The third kappa shape index (κ3) is 5.09. The molecule has 0 radical (unpaired) electrons. The van der Waals surface area contributed by atoms with E-state index in [4.69, 9.17) is 0 Å². The lowest BCUT2D eigenvalue weighted by Gasteiger charge is -2.35. The molecule has 1 aliphatic carbocycles. The molecule has 0 spiro atoms. The number of rotatable bonds is 7. The molecule has 254 valence electrons. The highest BCUT2D eigenvalue weighted by Crippen LogP contribution is 2.60. The van der Waals surface area contributed by atoms with E-state index in [-0.39, 0.29) is 0 Å². The molecule has 0 saturated heterocycles. The first-order chi connectivity index (χ1) is 26.8. The molecule has 0 fully saturated rings. The number of fused-ring (bicyclic) bond motifs is 5. The van der Waals surface area contributed by atoms with Crippen LogP contribution in [0.25, 0.3) is 44.2 Å². The van der Waals surface area contributed by atoms with Crippen molar-refractivity contribution in [3.05, 3.63) is 247 Å². The van der Waals surface area contributed by atoms with Crippen molar-refractivity contribution >= 4 is 27.8 Å². The number of anilines is 3. The summed E-state index contributed by atoms with van der Waals surface area (Å²) >= 11 is 0. The summed E-state index contributed by atoms with van der Waals surface area (Å²) in [6.45, 7) is 0. The van der Waals surface area contributed by atoms with Crippen molar-refractivity contribution < 1.29 is 0 Å². The smallest absolute Gasteiger partial charge is 0.0719 e. The quantitative estimate of drug-likeness (QED) is 0.161. The maximum atomic E-state index is 2.47. The summed E-state index contributed by atoms with van der Waals surface area (Å²) in [4.78, 5) is 2.45. The fourth-order valence-electron chi connectivity index (χ4n) is 8.80. The van der Waals surface area contributed by atoms with Gasteiger partial charge in [0.15, 0.2) is 0 Å². The highest BCUT2D eigenvalue weighted by Gasteiger charge is 2.47. The van der Waals surface area contributed by atoms with E-state index in [1.807, 2.05) is 0 Å². The first-order valence-corrected chi connectivity index (χ1v) is 18.7. The molecule has 1 aliphatic rings. The van der Waals surface area contributed by atoms with Gasteiger partial charge in [-0.3, -0.25) is 0 Å². The number of nitrogens with zero attached hydrogens (tertiary/aromatic N) is 1. The van der Waals surface area contributed by atoms with Crippen LogP contribution in [0.3, 0.4) is 0 Å². The summed E-state index contributed by atoms with van der Waals surface area (Å²) in [5, 5.41) is 2.45. The van der Waals surface area contributed by atoms with Crippen LogP contribution in [0.1, 0.15) is 22.3 Å². The first-order valence-electron chi connectivity index (χ1n) is 18.7. The van der Waals surface area contributed by atoms with Gasteiger partial charge in [0.1, 0.15) is 0 Å². The van der Waals surface area contributed by atoms with Crippen molar-refractivity contribution in [2.24, 2.45) is 0 Å². The Labute approximate surface area is 317 Å². The zero-order chi connectivity index (χ0) is 35.9. The molecule has 9 aromatic rings. The van der Waals surface area contributed by atoms with Gasteiger partial charge in [-0.1, -0.05) is 188 Å². The number of hydrogen-bond donors (Lipinski definition) is 0. The van der Waals surface area contributed by atoms with Gasteiger partial charge in [-0.05, 0) is 97.4 Å². The Bertz CT molecular complexity index is 2700. The number of benzene rings is 9. The monoisotopic (exact) mass is 687 g/mol. The van der Waals surface area contributed by atoms with Crippen LogP contribution in [0.15, 0.2) is 224 Å². The lowest BCUT2D eigenvalue weighted by Crippen LogP contribution is -2.29. The van der Waals surface area contributed by atoms with Crippen LogP contribution in [-0.2, 0) is 5.41 Å². The second kappa shape index (κ2) is 13.2. The maximum absolute atomic E-state index is 2.47. The third-order valence-corrected chi connectivity index (χ3v) is 11.1. The van der Waals surface area contributed by atoms with Gasteiger partial charge >= 0.3 is 0 Å². The first kappa shape index (κ1) is 31.7. The number of hydrogen-bond acceptors (Lipinski definition) is 1. The number of para-hydroxylation sites is 1. The molecule has 9 aromatic carbocycles. The topological polar surface area (TPSA) is 3.24 Å². The van der Waals surface area contributed by atoms with Crippen LogP contribution < -0.4 is 4.90 Å². The molecule has 0 bridgehead atoms. The summed E-state index contributed by atoms with van der Waals surface area (Å²) in [6.07, 6.45) is 0.